The number of benzene rings is 2. The summed E-state index contributed by atoms with van der Waals surface area (Å²) in [4.78, 5) is 25.9. The van der Waals surface area contributed by atoms with Crippen molar-refractivity contribution in [3.8, 4) is 17.1 Å². The summed E-state index contributed by atoms with van der Waals surface area (Å²) in [6.07, 6.45) is 4.27. The number of hydrogen-bond acceptors (Lipinski definition) is 8. The van der Waals surface area contributed by atoms with E-state index in [2.05, 4.69) is 9.97 Å². The molecular weight excluding hydrogens is 587 g/mol. The van der Waals surface area contributed by atoms with Crippen molar-refractivity contribution in [2.45, 2.75) is 32.1 Å². The molecule has 0 N–H and O–H groups in total. The molecule has 0 radical (unpaired) electrons. The molecule has 222 valence electrons. The summed E-state index contributed by atoms with van der Waals surface area (Å²) in [5, 5.41) is 1.42. The number of halogens is 2. The van der Waals surface area contributed by atoms with Crippen molar-refractivity contribution < 1.29 is 27.8 Å². The van der Waals surface area contributed by atoms with Gasteiger partial charge in [-0.05, 0) is 48.9 Å². The van der Waals surface area contributed by atoms with E-state index in [0.717, 1.165) is 22.9 Å². The molecular formula is C33H26ClFN4O5. The van der Waals surface area contributed by atoms with Crippen LogP contribution in [-0.4, -0.2) is 45.3 Å². The van der Waals surface area contributed by atoms with Crippen LogP contribution in [0.1, 0.15) is 33.9 Å². The van der Waals surface area contributed by atoms with E-state index in [1.807, 2.05) is 16.7 Å². The van der Waals surface area contributed by atoms with E-state index in [1.165, 1.54) is 13.2 Å². The van der Waals surface area contributed by atoms with Crippen LogP contribution in [0.5, 0.6) is 5.88 Å². The third kappa shape index (κ3) is 5.38. The van der Waals surface area contributed by atoms with Gasteiger partial charge < -0.3 is 23.2 Å². The number of rotatable bonds is 9. The van der Waals surface area contributed by atoms with Crippen LogP contribution in [0.2, 0.25) is 5.02 Å². The minimum atomic E-state index is -0.481. The number of esters is 1. The van der Waals surface area contributed by atoms with Crippen molar-refractivity contribution in [1.82, 2.24) is 19.5 Å². The van der Waals surface area contributed by atoms with E-state index in [-0.39, 0.29) is 24.8 Å². The Morgan fingerprint density at radius 3 is 2.82 bits per heavy atom. The molecule has 1 fully saturated rings. The Balaban J connectivity index is 1.12. The zero-order valence-electron chi connectivity index (χ0n) is 23.6. The summed E-state index contributed by atoms with van der Waals surface area (Å²) < 4.78 is 39.6. The molecule has 11 heteroatoms. The van der Waals surface area contributed by atoms with Gasteiger partial charge >= 0.3 is 5.97 Å². The van der Waals surface area contributed by atoms with E-state index >= 15 is 4.39 Å². The Bertz CT molecular complexity index is 2020. The van der Waals surface area contributed by atoms with Gasteiger partial charge in [0.2, 0.25) is 5.88 Å². The molecule has 9 nitrogen and oxygen atoms in total. The quantitative estimate of drug-likeness (QED) is 0.165. The lowest BCUT2D eigenvalue weighted by atomic mass is 10.1. The molecule has 1 aliphatic heterocycles. The van der Waals surface area contributed by atoms with E-state index in [4.69, 9.17) is 35.2 Å². The van der Waals surface area contributed by atoms with Crippen LogP contribution in [0, 0.1) is 5.82 Å². The summed E-state index contributed by atoms with van der Waals surface area (Å²) in [5.41, 5.74) is 4.62. The molecule has 44 heavy (non-hydrogen) atoms. The van der Waals surface area contributed by atoms with Gasteiger partial charge in [0.15, 0.2) is 0 Å². The molecule has 0 bridgehead atoms. The van der Waals surface area contributed by atoms with Crippen LogP contribution in [-0.2, 0) is 29.0 Å². The predicted molar refractivity (Wildman–Crippen MR) is 161 cm³/mol. The minimum absolute atomic E-state index is 0.0264. The van der Waals surface area contributed by atoms with Gasteiger partial charge in [0.05, 0.1) is 65.4 Å². The summed E-state index contributed by atoms with van der Waals surface area (Å²) in [7, 11) is 1.34. The van der Waals surface area contributed by atoms with Crippen LogP contribution in [0.25, 0.3) is 33.3 Å². The van der Waals surface area contributed by atoms with Crippen LogP contribution < -0.4 is 4.74 Å². The summed E-state index contributed by atoms with van der Waals surface area (Å²) in [6, 6.07) is 17.3. The Kier molecular flexibility index (Phi) is 7.45. The smallest absolute Gasteiger partial charge is 0.337 e. The predicted octanol–water partition coefficient (Wildman–Crippen LogP) is 6.78. The van der Waals surface area contributed by atoms with Gasteiger partial charge in [-0.15, -0.1) is 0 Å². The largest absolute Gasteiger partial charge is 0.473 e. The summed E-state index contributed by atoms with van der Waals surface area (Å²) in [5.74, 6) is 0.0796. The first-order valence-electron chi connectivity index (χ1n) is 14.0. The molecule has 0 spiro atoms. The fraction of sp³-hybridized carbons (Fsp3) is 0.212. The lowest BCUT2D eigenvalue weighted by Gasteiger charge is -2.27. The molecule has 2 aromatic carbocycles. The fourth-order valence-corrected chi connectivity index (χ4v) is 5.49. The maximum absolute atomic E-state index is 15.5. The van der Waals surface area contributed by atoms with Gasteiger partial charge in [0, 0.05) is 35.4 Å². The van der Waals surface area contributed by atoms with Crippen molar-refractivity contribution in [1.29, 1.82) is 0 Å². The van der Waals surface area contributed by atoms with Gasteiger partial charge in [-0.2, -0.15) is 0 Å². The first kappa shape index (κ1) is 28.0. The first-order chi connectivity index (χ1) is 21.5. The van der Waals surface area contributed by atoms with Gasteiger partial charge in [-0.3, -0.25) is 4.98 Å². The molecule has 0 saturated carbocycles. The lowest BCUT2D eigenvalue weighted by Crippen LogP contribution is -2.31. The van der Waals surface area contributed by atoms with E-state index in [0.29, 0.717) is 57.8 Å². The van der Waals surface area contributed by atoms with Crippen molar-refractivity contribution in [3.05, 3.63) is 107 Å². The highest BCUT2D eigenvalue weighted by molar-refractivity contribution is 6.35. The molecule has 0 unspecified atom stereocenters. The van der Waals surface area contributed by atoms with E-state index < -0.39 is 11.8 Å². The molecule has 1 saturated heterocycles. The second-order valence-corrected chi connectivity index (χ2v) is 10.9. The van der Waals surface area contributed by atoms with E-state index in [9.17, 15) is 4.79 Å². The molecule has 6 aromatic rings. The number of aromatic nitrogens is 4. The molecule has 1 atom stereocenters. The monoisotopic (exact) mass is 612 g/mol. The maximum Gasteiger partial charge on any atom is 0.337 e. The average molecular weight is 613 g/mol. The minimum Gasteiger partial charge on any atom is -0.473 e. The fourth-order valence-electron chi connectivity index (χ4n) is 5.28. The van der Waals surface area contributed by atoms with Gasteiger partial charge in [-0.1, -0.05) is 23.7 Å². The Hall–Kier alpha value is -4.80. The number of furan rings is 1. The van der Waals surface area contributed by atoms with Crippen LogP contribution in [0.3, 0.4) is 0 Å². The average Bonchev–Trinajstić information content (AvgIpc) is 3.65. The van der Waals surface area contributed by atoms with Gasteiger partial charge in [0.1, 0.15) is 23.8 Å². The van der Waals surface area contributed by atoms with Gasteiger partial charge in [-0.25, -0.2) is 19.2 Å². The van der Waals surface area contributed by atoms with Gasteiger partial charge in [0.25, 0.3) is 0 Å². The highest BCUT2D eigenvalue weighted by atomic mass is 35.5. The second kappa shape index (κ2) is 11.7. The van der Waals surface area contributed by atoms with Crippen molar-refractivity contribution in [2.24, 2.45) is 0 Å². The first-order valence-corrected chi connectivity index (χ1v) is 14.4. The second-order valence-electron chi connectivity index (χ2n) is 10.5. The zero-order chi connectivity index (χ0) is 30.2. The summed E-state index contributed by atoms with van der Waals surface area (Å²) in [6.45, 7) is 1.46. The van der Waals surface area contributed by atoms with Crippen molar-refractivity contribution >= 4 is 39.6 Å². The number of pyridine rings is 2. The molecule has 0 aliphatic carbocycles. The highest BCUT2D eigenvalue weighted by Gasteiger charge is 2.23. The number of methoxy groups -OCH3 is 1. The number of carbonyl (C=O) groups excluding carboxylic acids is 1. The number of carbonyl (C=O) groups is 1. The maximum atomic E-state index is 15.5. The molecule has 5 heterocycles. The third-order valence-electron chi connectivity index (χ3n) is 7.71. The SMILES string of the molecule is COC(=O)c1ccc2nc(Cc3ncc(-c4cccc(OCc5ccc(Cl)c6ccoc56)n4)cc3F)n(C[C@@H]3CCO3)c2c1. The number of nitrogens with zero attached hydrogens (tertiary/aromatic N) is 4. The van der Waals surface area contributed by atoms with Crippen LogP contribution in [0.4, 0.5) is 4.39 Å². The number of fused-ring (bicyclic) bond motifs is 2. The molecule has 7 rings (SSSR count). The van der Waals surface area contributed by atoms with Crippen LogP contribution in [0.15, 0.2) is 77.5 Å². The highest BCUT2D eigenvalue weighted by Crippen LogP contribution is 2.29. The Morgan fingerprint density at radius 1 is 1.14 bits per heavy atom. The third-order valence-corrected chi connectivity index (χ3v) is 8.04. The van der Waals surface area contributed by atoms with Crippen LogP contribution >= 0.6 is 11.6 Å². The molecule has 0 amide bonds. The van der Waals surface area contributed by atoms with Crippen molar-refractivity contribution in [2.75, 3.05) is 13.7 Å². The Morgan fingerprint density at radius 2 is 2.02 bits per heavy atom. The summed E-state index contributed by atoms with van der Waals surface area (Å²) >= 11 is 6.25. The number of ether oxygens (including phenoxy) is 3. The number of hydrogen-bond donors (Lipinski definition) is 0. The van der Waals surface area contributed by atoms with Crippen molar-refractivity contribution in [3.63, 3.8) is 0 Å². The standard InChI is InChI=1S/C33H26ClFN4O5/c1-41-33(40)19-6-8-27-29(14-19)39(17-22-9-11-42-22)30(37-27)15-28-25(35)13-21(16-36-28)26-3-2-4-31(38-26)44-18-20-5-7-24(34)23-10-12-43-32(20)23/h2-8,10,12-14,16,22H,9,11,15,17-18H2,1H3/t22-/m0/s1. The molecule has 4 aromatic heterocycles. The zero-order valence-corrected chi connectivity index (χ0v) is 24.4. The topological polar surface area (TPSA) is 102 Å². The molecule has 1 aliphatic rings. The van der Waals surface area contributed by atoms with E-state index in [1.54, 1.807) is 54.9 Å². The Labute approximate surface area is 256 Å². The lowest BCUT2D eigenvalue weighted by molar-refractivity contribution is -0.0589. The number of imidazole rings is 1. The normalized spacial score (nSPS) is 14.6.